The van der Waals surface area contributed by atoms with Gasteiger partial charge in [-0.2, -0.15) is 0 Å². The molecule has 0 aliphatic heterocycles. The molecule has 226 valence electrons. The van der Waals surface area contributed by atoms with Crippen LogP contribution in [0.2, 0.25) is 0 Å². The molecule has 10 nitrogen and oxygen atoms in total. The maximum atomic E-state index is 13.3. The van der Waals surface area contributed by atoms with Gasteiger partial charge in [0.2, 0.25) is 0 Å². The number of amides is 2. The van der Waals surface area contributed by atoms with Crippen LogP contribution in [0, 0.1) is 22.2 Å². The van der Waals surface area contributed by atoms with Crippen LogP contribution < -0.4 is 26.6 Å². The molecule has 0 radical (unpaired) electrons. The maximum Gasteiger partial charge on any atom is 0.320 e. The van der Waals surface area contributed by atoms with Gasteiger partial charge in [0.1, 0.15) is 34.8 Å². The molecule has 2 atom stereocenters. The monoisotopic (exact) mass is 583 g/mol. The Morgan fingerprint density at radius 2 is 1.77 bits per heavy atom. The standard InChI is InChI=1S/C33H41N7O3/c1-20(2)31(36)40-19-23(14-17-29(40)35)43-27-16-15-26(24-8-6-7-9-25(24)27)38-32(42)39-30(18-28(34)33(3,4)5)37-21-10-12-22(41)13-11-21/h6-14,17-20,26-27,35-36,41H,15-16,34H2,1-5H3,(H2,37,38,39,42)/b28-18-,35-29?,36-31?. The van der Waals surface area contributed by atoms with Gasteiger partial charge < -0.3 is 20.9 Å². The Morgan fingerprint density at radius 1 is 1.09 bits per heavy atom. The Labute approximate surface area is 252 Å². The maximum absolute atomic E-state index is 13.3. The molecular weight excluding hydrogens is 542 g/mol. The predicted octanol–water partition coefficient (Wildman–Crippen LogP) is 6.03. The van der Waals surface area contributed by atoms with Crippen molar-refractivity contribution in [2.45, 2.75) is 59.6 Å². The lowest BCUT2D eigenvalue weighted by Crippen LogP contribution is -2.42. The first-order chi connectivity index (χ1) is 20.3. The molecule has 3 aromatic rings. The molecule has 2 aromatic carbocycles. The van der Waals surface area contributed by atoms with E-state index in [0.717, 1.165) is 11.1 Å². The fourth-order valence-corrected chi connectivity index (χ4v) is 4.65. The van der Waals surface area contributed by atoms with E-state index < -0.39 is 6.03 Å². The number of pyridine rings is 1. The van der Waals surface area contributed by atoms with Crippen molar-refractivity contribution in [3.63, 3.8) is 0 Å². The number of urea groups is 1. The normalized spacial score (nSPS) is 17.3. The van der Waals surface area contributed by atoms with Crippen molar-refractivity contribution >= 4 is 23.4 Å². The smallest absolute Gasteiger partial charge is 0.320 e. The van der Waals surface area contributed by atoms with Gasteiger partial charge in [-0.15, -0.1) is 0 Å². The van der Waals surface area contributed by atoms with Crippen molar-refractivity contribution in [2.75, 3.05) is 0 Å². The Bertz CT molecular complexity index is 1600. The third kappa shape index (κ3) is 7.91. The number of rotatable bonds is 6. The SMILES string of the molecule is CC(C)C(=N)n1cc(OC2CCC(NC(=O)NC(/C=C(\N)C(C)(C)C)=Nc3ccc(O)cc3)c3ccccc32)ccc1=N. The summed E-state index contributed by atoms with van der Waals surface area (Å²) in [6, 6.07) is 16.9. The van der Waals surface area contributed by atoms with E-state index in [9.17, 15) is 9.90 Å². The molecule has 4 rings (SSSR count). The summed E-state index contributed by atoms with van der Waals surface area (Å²) in [6.07, 6.45) is 4.38. The summed E-state index contributed by atoms with van der Waals surface area (Å²) in [5.74, 6) is 1.26. The Hall–Kier alpha value is -4.86. The van der Waals surface area contributed by atoms with Gasteiger partial charge in [0.05, 0.1) is 17.9 Å². The number of ether oxygens (including phenoxy) is 1. The van der Waals surface area contributed by atoms with Crippen molar-refractivity contribution in [1.29, 1.82) is 10.8 Å². The average Bonchev–Trinajstić information content (AvgIpc) is 2.95. The molecule has 1 aliphatic rings. The number of hydrogen-bond donors (Lipinski definition) is 6. The van der Waals surface area contributed by atoms with Gasteiger partial charge in [0.25, 0.3) is 0 Å². The van der Waals surface area contributed by atoms with E-state index in [1.807, 2.05) is 58.9 Å². The van der Waals surface area contributed by atoms with Gasteiger partial charge in [-0.1, -0.05) is 58.9 Å². The van der Waals surface area contributed by atoms with Crippen LogP contribution in [0.5, 0.6) is 11.5 Å². The number of nitrogens with two attached hydrogens (primary N) is 1. The van der Waals surface area contributed by atoms with Crippen LogP contribution in [-0.2, 0) is 0 Å². The summed E-state index contributed by atoms with van der Waals surface area (Å²) >= 11 is 0. The molecule has 1 aromatic heterocycles. The second kappa shape index (κ2) is 13.0. The van der Waals surface area contributed by atoms with Crippen LogP contribution in [0.15, 0.2) is 83.6 Å². The highest BCUT2D eigenvalue weighted by atomic mass is 16.5. The van der Waals surface area contributed by atoms with Gasteiger partial charge in [-0.3, -0.25) is 20.7 Å². The Morgan fingerprint density at radius 3 is 2.42 bits per heavy atom. The summed E-state index contributed by atoms with van der Waals surface area (Å²) in [5, 5.41) is 32.1. The molecule has 1 heterocycles. The fourth-order valence-electron chi connectivity index (χ4n) is 4.65. The molecular formula is C33H41N7O3. The van der Waals surface area contributed by atoms with Crippen LogP contribution in [0.25, 0.3) is 0 Å². The number of benzene rings is 2. The van der Waals surface area contributed by atoms with Crippen LogP contribution >= 0.6 is 0 Å². The summed E-state index contributed by atoms with van der Waals surface area (Å²) in [5.41, 5.74) is 9.23. The number of aliphatic imine (C=N–C) groups is 1. The van der Waals surface area contributed by atoms with Crippen LogP contribution in [0.4, 0.5) is 10.5 Å². The lowest BCUT2D eigenvalue weighted by Gasteiger charge is -2.32. The number of carbonyl (C=O) groups excluding carboxylic acids is 1. The first kappa shape index (κ1) is 31.1. The number of aromatic hydroxyl groups is 1. The number of carbonyl (C=O) groups is 1. The van der Waals surface area contributed by atoms with E-state index in [4.69, 9.17) is 21.3 Å². The number of nitrogens with zero attached hydrogens (tertiary/aromatic N) is 2. The van der Waals surface area contributed by atoms with E-state index in [1.165, 1.54) is 16.7 Å². The molecule has 1 aliphatic carbocycles. The first-order valence-electron chi connectivity index (χ1n) is 14.4. The summed E-state index contributed by atoms with van der Waals surface area (Å²) in [4.78, 5) is 17.8. The van der Waals surface area contributed by atoms with Crippen LogP contribution in [0.1, 0.15) is 70.7 Å². The summed E-state index contributed by atoms with van der Waals surface area (Å²) < 4.78 is 7.92. The van der Waals surface area contributed by atoms with E-state index >= 15 is 0 Å². The highest BCUT2D eigenvalue weighted by Gasteiger charge is 2.30. The minimum Gasteiger partial charge on any atom is -0.508 e. The van der Waals surface area contributed by atoms with E-state index in [-0.39, 0.29) is 40.6 Å². The van der Waals surface area contributed by atoms with Crippen LogP contribution in [-0.4, -0.2) is 27.4 Å². The highest BCUT2D eigenvalue weighted by molar-refractivity contribution is 6.05. The van der Waals surface area contributed by atoms with Gasteiger partial charge >= 0.3 is 6.03 Å². The Kier molecular flexibility index (Phi) is 9.38. The molecule has 10 heteroatoms. The average molecular weight is 584 g/mol. The zero-order valence-corrected chi connectivity index (χ0v) is 25.3. The summed E-state index contributed by atoms with van der Waals surface area (Å²) in [7, 11) is 0. The van der Waals surface area contributed by atoms with E-state index in [0.29, 0.717) is 35.8 Å². The van der Waals surface area contributed by atoms with Gasteiger partial charge in [-0.05, 0) is 60.4 Å². The van der Waals surface area contributed by atoms with Gasteiger partial charge in [0.15, 0.2) is 0 Å². The third-order valence-electron chi connectivity index (χ3n) is 7.25. The highest BCUT2D eigenvalue weighted by Crippen LogP contribution is 2.38. The lowest BCUT2D eigenvalue weighted by atomic mass is 9.85. The number of amidine groups is 1. The molecule has 7 N–H and O–H groups in total. The number of aromatic nitrogens is 1. The minimum absolute atomic E-state index is 0.0372. The van der Waals surface area contributed by atoms with Crippen molar-refractivity contribution in [2.24, 2.45) is 22.1 Å². The lowest BCUT2D eigenvalue weighted by molar-refractivity contribution is 0.171. The molecule has 43 heavy (non-hydrogen) atoms. The number of allylic oxidation sites excluding steroid dienone is 1. The first-order valence-corrected chi connectivity index (χ1v) is 14.4. The number of nitrogens with one attached hydrogen (secondary N) is 4. The molecule has 0 saturated heterocycles. The second-order valence-electron chi connectivity index (χ2n) is 12.0. The number of phenols is 1. The Balaban J connectivity index is 1.53. The fraction of sp³-hybridized carbons (Fsp3) is 0.333. The van der Waals surface area contributed by atoms with E-state index in [1.54, 1.807) is 36.5 Å². The van der Waals surface area contributed by atoms with Crippen molar-refractivity contribution in [3.05, 3.63) is 95.2 Å². The number of fused-ring (bicyclic) bond motifs is 1. The topological polar surface area (TPSA) is 162 Å². The molecule has 0 fully saturated rings. The van der Waals surface area contributed by atoms with Crippen molar-refractivity contribution < 1.29 is 14.6 Å². The van der Waals surface area contributed by atoms with Crippen molar-refractivity contribution in [1.82, 2.24) is 15.2 Å². The molecule has 2 amide bonds. The largest absolute Gasteiger partial charge is 0.508 e. The number of hydrogen-bond acceptors (Lipinski definition) is 7. The minimum atomic E-state index is -0.422. The molecule has 0 saturated carbocycles. The predicted molar refractivity (Wildman–Crippen MR) is 169 cm³/mol. The van der Waals surface area contributed by atoms with Crippen molar-refractivity contribution in [3.8, 4) is 11.5 Å². The zero-order chi connectivity index (χ0) is 31.3. The summed E-state index contributed by atoms with van der Waals surface area (Å²) in [6.45, 7) is 9.76. The quantitative estimate of drug-likeness (QED) is 0.154. The number of phenolic OH excluding ortho intramolecular Hbond substituents is 1. The zero-order valence-electron chi connectivity index (χ0n) is 25.3. The third-order valence-corrected chi connectivity index (χ3v) is 7.25. The van der Waals surface area contributed by atoms with Crippen LogP contribution in [0.3, 0.4) is 0 Å². The molecule has 0 spiro atoms. The van der Waals surface area contributed by atoms with Gasteiger partial charge in [0, 0.05) is 23.1 Å². The van der Waals surface area contributed by atoms with Gasteiger partial charge in [-0.25, -0.2) is 9.79 Å². The molecule has 2 unspecified atom stereocenters. The second-order valence-corrected chi connectivity index (χ2v) is 12.0. The molecule has 0 bridgehead atoms. The van der Waals surface area contributed by atoms with E-state index in [2.05, 4.69) is 15.6 Å².